The highest BCUT2D eigenvalue weighted by Crippen LogP contribution is 2.26. The normalized spacial score (nSPS) is 14.8. The van der Waals surface area contributed by atoms with Gasteiger partial charge >= 0.3 is 8.56 Å². The van der Waals surface area contributed by atoms with Gasteiger partial charge in [-0.2, -0.15) is 0 Å². The van der Waals surface area contributed by atoms with E-state index in [-0.39, 0.29) is 25.0 Å². The molecular formula is C19H46O5Si3. The maximum Gasteiger partial charge on any atom is 0.311 e. The van der Waals surface area contributed by atoms with Crippen LogP contribution in [0.1, 0.15) is 33.1 Å². The zero-order valence-electron chi connectivity index (χ0n) is 19.1. The van der Waals surface area contributed by atoms with Crippen LogP contribution in [0.15, 0.2) is 0 Å². The molecule has 0 rings (SSSR count). The predicted molar refractivity (Wildman–Crippen MR) is 121 cm³/mol. The van der Waals surface area contributed by atoms with Crippen molar-refractivity contribution in [1.29, 1.82) is 0 Å². The molecule has 0 amide bonds. The summed E-state index contributed by atoms with van der Waals surface area (Å²) in [6.45, 7) is 19.1. The Morgan fingerprint density at radius 1 is 0.815 bits per heavy atom. The van der Waals surface area contributed by atoms with Gasteiger partial charge in [-0.25, -0.2) is 0 Å². The lowest BCUT2D eigenvalue weighted by Crippen LogP contribution is -2.52. The Hall–Kier alpha value is 0.451. The van der Waals surface area contributed by atoms with Crippen LogP contribution in [-0.4, -0.2) is 61.8 Å². The molecule has 2 N–H and O–H groups in total. The Labute approximate surface area is 171 Å². The van der Waals surface area contributed by atoms with Gasteiger partial charge in [-0.3, -0.25) is 0 Å². The summed E-state index contributed by atoms with van der Waals surface area (Å²) >= 11 is 0. The predicted octanol–water partition coefficient (Wildman–Crippen LogP) is 4.58. The van der Waals surface area contributed by atoms with Gasteiger partial charge in [0.25, 0.3) is 0 Å². The number of aliphatic hydroxyl groups is 2. The molecule has 0 saturated heterocycles. The summed E-state index contributed by atoms with van der Waals surface area (Å²) in [6.07, 6.45) is 3.45. The van der Waals surface area contributed by atoms with E-state index in [0.29, 0.717) is 13.2 Å². The average molecular weight is 439 g/mol. The lowest BCUT2D eigenvalue weighted by Gasteiger charge is -2.38. The molecular weight excluding hydrogens is 392 g/mol. The van der Waals surface area contributed by atoms with E-state index in [1.54, 1.807) is 0 Å². The van der Waals surface area contributed by atoms with Crippen LogP contribution in [0, 0.1) is 11.8 Å². The third-order valence-electron chi connectivity index (χ3n) is 4.90. The molecule has 0 fully saturated rings. The van der Waals surface area contributed by atoms with Crippen molar-refractivity contribution in [3.8, 4) is 0 Å². The molecule has 0 aromatic rings. The Morgan fingerprint density at radius 3 is 1.74 bits per heavy atom. The average Bonchev–Trinajstić information content (AvgIpc) is 2.51. The van der Waals surface area contributed by atoms with Crippen molar-refractivity contribution in [3.05, 3.63) is 0 Å². The fraction of sp³-hybridized carbons (Fsp3) is 1.00. The number of ether oxygens (including phenoxy) is 1. The standard InChI is InChI=1S/C19H46O5Si3/c1-9-10-13-25(3,4)23-27(7,8)24-26(5,6)14-11-12-22-17-18(2)19(15-20)16-21/h18-21H,9-17H2,1-8H3. The Bertz CT molecular complexity index is 388. The minimum absolute atomic E-state index is 0.00639. The summed E-state index contributed by atoms with van der Waals surface area (Å²) in [7, 11) is -5.53. The Morgan fingerprint density at radius 2 is 1.30 bits per heavy atom. The van der Waals surface area contributed by atoms with Gasteiger partial charge in [0.1, 0.15) is 0 Å². The van der Waals surface area contributed by atoms with E-state index >= 15 is 0 Å². The molecule has 0 bridgehead atoms. The fourth-order valence-corrected chi connectivity index (χ4v) is 17.7. The zero-order valence-corrected chi connectivity index (χ0v) is 22.1. The first-order valence-electron chi connectivity index (χ1n) is 10.6. The highest BCUT2D eigenvalue weighted by molar-refractivity contribution is 6.87. The molecule has 0 radical (unpaired) electrons. The second kappa shape index (κ2) is 12.9. The van der Waals surface area contributed by atoms with Gasteiger partial charge in [0, 0.05) is 32.3 Å². The highest BCUT2D eigenvalue weighted by Gasteiger charge is 2.39. The van der Waals surface area contributed by atoms with Crippen molar-refractivity contribution in [2.45, 2.75) is 84.5 Å². The Kier molecular flexibility index (Phi) is 13.1. The lowest BCUT2D eigenvalue weighted by atomic mass is 9.97. The van der Waals surface area contributed by atoms with E-state index < -0.39 is 25.2 Å². The number of hydrogen-bond acceptors (Lipinski definition) is 5. The summed E-state index contributed by atoms with van der Waals surface area (Å²) in [5.41, 5.74) is 0. The van der Waals surface area contributed by atoms with Crippen LogP contribution < -0.4 is 0 Å². The van der Waals surface area contributed by atoms with Gasteiger partial charge in [0.2, 0.25) is 0 Å². The third-order valence-corrected chi connectivity index (χ3v) is 16.4. The van der Waals surface area contributed by atoms with Crippen LogP contribution in [0.3, 0.4) is 0 Å². The second-order valence-electron chi connectivity index (χ2n) is 9.51. The fourth-order valence-electron chi connectivity index (χ4n) is 3.48. The van der Waals surface area contributed by atoms with Crippen LogP contribution in [0.2, 0.25) is 51.4 Å². The first-order valence-corrected chi connectivity index (χ1v) is 19.6. The third kappa shape index (κ3) is 13.3. The smallest absolute Gasteiger partial charge is 0.311 e. The van der Waals surface area contributed by atoms with Gasteiger partial charge in [0.15, 0.2) is 16.6 Å². The Balaban J connectivity index is 4.27. The molecule has 0 aliphatic heterocycles. The maximum atomic E-state index is 9.21. The molecule has 8 heteroatoms. The zero-order chi connectivity index (χ0) is 21.1. The van der Waals surface area contributed by atoms with Crippen LogP contribution in [0.4, 0.5) is 0 Å². The molecule has 1 atom stereocenters. The monoisotopic (exact) mass is 438 g/mol. The summed E-state index contributed by atoms with van der Waals surface area (Å²) < 4.78 is 19.0. The molecule has 0 aliphatic carbocycles. The molecule has 5 nitrogen and oxygen atoms in total. The van der Waals surface area contributed by atoms with E-state index in [2.05, 4.69) is 46.2 Å². The molecule has 0 aromatic heterocycles. The number of unbranched alkanes of at least 4 members (excludes halogenated alkanes) is 1. The summed E-state index contributed by atoms with van der Waals surface area (Å²) in [6, 6.07) is 2.27. The van der Waals surface area contributed by atoms with E-state index in [0.717, 1.165) is 12.5 Å². The van der Waals surface area contributed by atoms with Crippen LogP contribution in [0.5, 0.6) is 0 Å². The quantitative estimate of drug-likeness (QED) is 0.273. The van der Waals surface area contributed by atoms with E-state index in [1.807, 2.05) is 6.92 Å². The number of rotatable bonds is 16. The molecule has 0 aliphatic rings. The van der Waals surface area contributed by atoms with Crippen molar-refractivity contribution >= 4 is 25.2 Å². The minimum atomic E-state index is -2.11. The van der Waals surface area contributed by atoms with Crippen molar-refractivity contribution in [2.24, 2.45) is 11.8 Å². The van der Waals surface area contributed by atoms with Gasteiger partial charge in [-0.05, 0) is 63.7 Å². The first-order chi connectivity index (χ1) is 12.4. The lowest BCUT2D eigenvalue weighted by molar-refractivity contribution is 0.0431. The highest BCUT2D eigenvalue weighted by atomic mass is 28.5. The van der Waals surface area contributed by atoms with Gasteiger partial charge in [0.05, 0.1) is 0 Å². The van der Waals surface area contributed by atoms with Crippen molar-refractivity contribution < 1.29 is 23.2 Å². The van der Waals surface area contributed by atoms with Crippen LogP contribution >= 0.6 is 0 Å². The van der Waals surface area contributed by atoms with Crippen molar-refractivity contribution in [1.82, 2.24) is 0 Å². The number of aliphatic hydroxyl groups excluding tert-OH is 2. The summed E-state index contributed by atoms with van der Waals surface area (Å²) in [4.78, 5) is 0. The van der Waals surface area contributed by atoms with Crippen LogP contribution in [-0.2, 0) is 13.0 Å². The molecule has 1 unspecified atom stereocenters. The van der Waals surface area contributed by atoms with Gasteiger partial charge in [-0.1, -0.05) is 26.7 Å². The van der Waals surface area contributed by atoms with E-state index in [9.17, 15) is 10.2 Å². The van der Waals surface area contributed by atoms with Crippen molar-refractivity contribution in [2.75, 3.05) is 26.4 Å². The molecule has 164 valence electrons. The van der Waals surface area contributed by atoms with Gasteiger partial charge < -0.3 is 23.2 Å². The topological polar surface area (TPSA) is 68.2 Å². The maximum absolute atomic E-state index is 9.21. The first kappa shape index (κ1) is 27.5. The molecule has 0 heterocycles. The molecule has 0 aromatic carbocycles. The largest absolute Gasteiger partial charge is 0.437 e. The van der Waals surface area contributed by atoms with E-state index in [1.165, 1.54) is 18.9 Å². The van der Waals surface area contributed by atoms with Gasteiger partial charge in [-0.15, -0.1) is 0 Å². The summed E-state index contributed by atoms with van der Waals surface area (Å²) in [5, 5.41) is 18.4. The molecule has 0 saturated carbocycles. The second-order valence-corrected chi connectivity index (χ2v) is 22.0. The SMILES string of the molecule is CCCC[Si](C)(C)O[Si](C)(C)O[Si](C)(C)CCCOCC(C)C(CO)CO. The van der Waals surface area contributed by atoms with E-state index in [4.69, 9.17) is 13.0 Å². The number of hydrogen-bond donors (Lipinski definition) is 2. The molecule has 0 spiro atoms. The minimum Gasteiger partial charge on any atom is -0.437 e. The van der Waals surface area contributed by atoms with Crippen LogP contribution in [0.25, 0.3) is 0 Å². The summed E-state index contributed by atoms with van der Waals surface area (Å²) in [5.74, 6) is 0.0693. The van der Waals surface area contributed by atoms with Crippen molar-refractivity contribution in [3.63, 3.8) is 0 Å². The molecule has 27 heavy (non-hydrogen) atoms.